The number of hydrogen-bond donors (Lipinski definition) is 0. The molecule has 1 radical (unpaired) electrons. The van der Waals surface area contributed by atoms with Gasteiger partial charge in [0, 0.05) is 12.8 Å². The largest absolute Gasteiger partial charge is 2.00 e. The van der Waals surface area contributed by atoms with Crippen LogP contribution in [0, 0.1) is 0 Å². The van der Waals surface area contributed by atoms with Crippen molar-refractivity contribution in [3.05, 3.63) is 23.7 Å². The van der Waals surface area contributed by atoms with E-state index >= 15 is 0 Å². The molecule has 0 atom stereocenters. The summed E-state index contributed by atoms with van der Waals surface area (Å²) >= 11 is 0. The van der Waals surface area contributed by atoms with E-state index in [1.165, 1.54) is 12.2 Å². The number of allylic oxidation sites excluding steroid dienone is 4. The Kier molecular flexibility index (Phi) is 22.1. The maximum atomic E-state index is 10.9. The van der Waals surface area contributed by atoms with Gasteiger partial charge in [0.2, 0.25) is 0 Å². The normalized spacial score (nSPS) is 11.1. The number of rotatable bonds is 10. The molecular weight excluding hydrogens is 344 g/mol. The van der Waals surface area contributed by atoms with Crippen LogP contribution in [-0.2, 0) is 26.7 Å². The molecule has 5 heteroatoms. The van der Waals surface area contributed by atoms with E-state index in [0.29, 0.717) is 25.7 Å². The van der Waals surface area contributed by atoms with Gasteiger partial charge in [0.05, 0.1) is 0 Å². The van der Waals surface area contributed by atoms with Crippen LogP contribution in [0.2, 0.25) is 0 Å². The zero-order valence-electron chi connectivity index (χ0n) is 14.7. The first kappa shape index (κ1) is 26.8. The number of carbonyl (C=O) groups excluding carboxylic acids is 2. The molecular formula is C18H30CuO4. The second kappa shape index (κ2) is 19.0. The summed E-state index contributed by atoms with van der Waals surface area (Å²) in [4.78, 5) is 21.7. The zero-order valence-corrected chi connectivity index (χ0v) is 15.7. The summed E-state index contributed by atoms with van der Waals surface area (Å²) in [5.41, 5.74) is 0. The Morgan fingerprint density at radius 2 is 0.913 bits per heavy atom. The number of ketones is 2. The Morgan fingerprint density at radius 1 is 0.652 bits per heavy atom. The van der Waals surface area contributed by atoms with Crippen molar-refractivity contribution in [3.63, 3.8) is 0 Å². The van der Waals surface area contributed by atoms with Crippen molar-refractivity contribution in [3.8, 4) is 0 Å². The molecule has 0 saturated carbocycles. The van der Waals surface area contributed by atoms with Crippen molar-refractivity contribution in [1.82, 2.24) is 0 Å². The summed E-state index contributed by atoms with van der Waals surface area (Å²) in [6.07, 6.45) is 7.70. The van der Waals surface area contributed by atoms with Gasteiger partial charge in [-0.05, 0) is 37.8 Å². The van der Waals surface area contributed by atoms with Crippen LogP contribution in [0.4, 0.5) is 0 Å². The molecule has 0 rings (SSSR count). The summed E-state index contributed by atoms with van der Waals surface area (Å²) in [5.74, 6) is -0.145. The van der Waals surface area contributed by atoms with Crippen molar-refractivity contribution in [1.29, 1.82) is 0 Å². The summed E-state index contributed by atoms with van der Waals surface area (Å²) in [5, 5.41) is 21.7. The molecule has 0 aliphatic rings. The molecule has 0 aromatic rings. The van der Waals surface area contributed by atoms with Crippen LogP contribution in [0.3, 0.4) is 0 Å². The van der Waals surface area contributed by atoms with Crippen LogP contribution in [0.1, 0.15) is 79.1 Å². The monoisotopic (exact) mass is 373 g/mol. The average Bonchev–Trinajstić information content (AvgIpc) is 2.40. The van der Waals surface area contributed by atoms with Crippen molar-refractivity contribution < 1.29 is 36.9 Å². The minimum absolute atomic E-state index is 0. The van der Waals surface area contributed by atoms with Crippen LogP contribution < -0.4 is 10.2 Å². The van der Waals surface area contributed by atoms with Crippen LogP contribution in [-0.4, -0.2) is 11.6 Å². The third-order valence-electron chi connectivity index (χ3n) is 2.63. The first-order valence-corrected chi connectivity index (χ1v) is 8.21. The molecule has 0 aliphatic carbocycles. The van der Waals surface area contributed by atoms with Gasteiger partial charge in [0.15, 0.2) is 11.6 Å². The average molecular weight is 374 g/mol. The van der Waals surface area contributed by atoms with Crippen LogP contribution in [0.25, 0.3) is 0 Å². The summed E-state index contributed by atoms with van der Waals surface area (Å²) in [7, 11) is 0. The minimum Gasteiger partial charge on any atom is -0.875 e. The van der Waals surface area contributed by atoms with Gasteiger partial charge < -0.3 is 10.2 Å². The van der Waals surface area contributed by atoms with Gasteiger partial charge in [0.1, 0.15) is 0 Å². The first-order valence-electron chi connectivity index (χ1n) is 8.21. The molecule has 0 fully saturated rings. The molecule has 0 unspecified atom stereocenters. The maximum absolute atomic E-state index is 10.9. The van der Waals surface area contributed by atoms with Gasteiger partial charge >= 0.3 is 17.1 Å². The van der Waals surface area contributed by atoms with Gasteiger partial charge in [-0.3, -0.25) is 9.59 Å². The molecule has 137 valence electrons. The summed E-state index contributed by atoms with van der Waals surface area (Å²) < 4.78 is 0. The zero-order chi connectivity index (χ0) is 17.4. The maximum Gasteiger partial charge on any atom is 2.00 e. The molecule has 0 aliphatic heterocycles. The fraction of sp³-hybridized carbons (Fsp3) is 0.667. The predicted molar refractivity (Wildman–Crippen MR) is 85.8 cm³/mol. The van der Waals surface area contributed by atoms with E-state index in [1.54, 1.807) is 0 Å². The standard InChI is InChI=1S/2C9H16O2.Cu/c2*1-3-5-8(10)7-9(11)6-4-2;/h2*7,10H,3-6H2,1-2H3;/q;;+2/p-2. The molecule has 0 saturated heterocycles. The molecule has 0 spiro atoms. The van der Waals surface area contributed by atoms with Crippen LogP contribution in [0.15, 0.2) is 23.7 Å². The number of carbonyl (C=O) groups is 2. The first-order chi connectivity index (χ1) is 10.4. The number of hydrogen-bond acceptors (Lipinski definition) is 4. The van der Waals surface area contributed by atoms with Crippen LogP contribution in [0.5, 0.6) is 0 Å². The fourth-order valence-corrected chi connectivity index (χ4v) is 1.63. The molecule has 0 N–H and O–H groups in total. The minimum atomic E-state index is -0.0362. The molecule has 0 heterocycles. The van der Waals surface area contributed by atoms with Crippen LogP contribution >= 0.6 is 0 Å². The van der Waals surface area contributed by atoms with Gasteiger partial charge in [-0.1, -0.05) is 40.5 Å². The molecule has 0 aromatic carbocycles. The summed E-state index contributed by atoms with van der Waals surface area (Å²) in [6, 6.07) is 0. The SMILES string of the molecule is CCCC(=O)C=C([O-])CCC.CCCC(=O)C=C([O-])CCC.[Cu+2]. The van der Waals surface area contributed by atoms with E-state index in [1.807, 2.05) is 27.7 Å². The van der Waals surface area contributed by atoms with Gasteiger partial charge in [-0.2, -0.15) is 0 Å². The van der Waals surface area contributed by atoms with Gasteiger partial charge in [-0.15, -0.1) is 11.5 Å². The molecule has 23 heavy (non-hydrogen) atoms. The van der Waals surface area contributed by atoms with E-state index < -0.39 is 0 Å². The molecule has 0 amide bonds. The van der Waals surface area contributed by atoms with E-state index in [0.717, 1.165) is 25.7 Å². The van der Waals surface area contributed by atoms with Crippen molar-refractivity contribution in [2.75, 3.05) is 0 Å². The van der Waals surface area contributed by atoms with Gasteiger partial charge in [-0.25, -0.2) is 0 Å². The van der Waals surface area contributed by atoms with Crippen molar-refractivity contribution in [2.45, 2.75) is 79.1 Å². The Labute approximate surface area is 151 Å². The second-order valence-corrected chi connectivity index (χ2v) is 5.15. The quantitative estimate of drug-likeness (QED) is 0.335. The third kappa shape index (κ3) is 20.9. The Morgan fingerprint density at radius 3 is 1.13 bits per heavy atom. The smallest absolute Gasteiger partial charge is 0.875 e. The molecule has 0 aromatic heterocycles. The fourth-order valence-electron chi connectivity index (χ4n) is 1.63. The third-order valence-corrected chi connectivity index (χ3v) is 2.63. The van der Waals surface area contributed by atoms with Crippen molar-refractivity contribution >= 4 is 11.6 Å². The van der Waals surface area contributed by atoms with E-state index in [-0.39, 0.29) is 40.2 Å². The second-order valence-electron chi connectivity index (χ2n) is 5.15. The Balaban J connectivity index is -0.000000333. The summed E-state index contributed by atoms with van der Waals surface area (Å²) in [6.45, 7) is 7.71. The van der Waals surface area contributed by atoms with E-state index in [4.69, 9.17) is 0 Å². The van der Waals surface area contributed by atoms with E-state index in [9.17, 15) is 19.8 Å². The topological polar surface area (TPSA) is 80.3 Å². The van der Waals surface area contributed by atoms with Gasteiger partial charge in [0.25, 0.3) is 0 Å². The Bertz CT molecular complexity index is 337. The predicted octanol–water partition coefficient (Wildman–Crippen LogP) is 2.80. The van der Waals surface area contributed by atoms with Crippen molar-refractivity contribution in [2.24, 2.45) is 0 Å². The Hall–Kier alpha value is -1.06. The van der Waals surface area contributed by atoms with E-state index in [2.05, 4.69) is 0 Å². The molecule has 4 nitrogen and oxygen atoms in total. The molecule has 0 bridgehead atoms.